The lowest BCUT2D eigenvalue weighted by Crippen LogP contribution is -2.47. The molecule has 0 radical (unpaired) electrons. The van der Waals surface area contributed by atoms with Crippen molar-refractivity contribution in [2.24, 2.45) is 4.99 Å². The van der Waals surface area contributed by atoms with E-state index in [2.05, 4.69) is 21.3 Å². The zero-order valence-corrected chi connectivity index (χ0v) is 21.1. The van der Waals surface area contributed by atoms with Gasteiger partial charge in [0.25, 0.3) is 0 Å². The molecule has 2 rings (SSSR count). The molecule has 1 aliphatic heterocycles. The molecule has 0 amide bonds. The lowest BCUT2D eigenvalue weighted by atomic mass is 10.1. The second-order valence-corrected chi connectivity index (χ2v) is 7.17. The summed E-state index contributed by atoms with van der Waals surface area (Å²) in [5.41, 5.74) is 1.24. The molecular formula is C22H38IN3O4. The zero-order chi connectivity index (χ0) is 20.9. The molecule has 1 saturated heterocycles. The van der Waals surface area contributed by atoms with E-state index in [4.69, 9.17) is 18.9 Å². The van der Waals surface area contributed by atoms with Crippen LogP contribution in [0.5, 0.6) is 11.5 Å². The summed E-state index contributed by atoms with van der Waals surface area (Å²) in [6, 6.07) is 6.10. The highest BCUT2D eigenvalue weighted by Gasteiger charge is 2.21. The van der Waals surface area contributed by atoms with Crippen molar-refractivity contribution < 1.29 is 18.9 Å². The molecule has 0 bridgehead atoms. The molecule has 7 nitrogen and oxygen atoms in total. The first kappa shape index (κ1) is 26.8. The molecule has 1 N–H and O–H groups in total. The first-order valence-electron chi connectivity index (χ1n) is 10.5. The summed E-state index contributed by atoms with van der Waals surface area (Å²) in [4.78, 5) is 6.78. The van der Waals surface area contributed by atoms with E-state index in [0.717, 1.165) is 82.4 Å². The highest BCUT2D eigenvalue weighted by atomic mass is 127. The van der Waals surface area contributed by atoms with Crippen molar-refractivity contribution in [3.8, 4) is 11.5 Å². The van der Waals surface area contributed by atoms with Crippen molar-refractivity contribution in [1.29, 1.82) is 0 Å². The number of hydrogen-bond donors (Lipinski definition) is 1. The first-order valence-corrected chi connectivity index (χ1v) is 10.5. The molecule has 0 unspecified atom stereocenters. The standard InChI is InChI=1S/C22H37N3O4.HI/c1-23-22(25-13-10-19(11-14-25)29-16-6-15-26-2)24-12-5-7-18-8-9-20(27-3)21(17-18)28-4;/h8-9,17,19H,5-7,10-16H2,1-4H3,(H,23,24);1H. The van der Waals surface area contributed by atoms with E-state index < -0.39 is 0 Å². The summed E-state index contributed by atoms with van der Waals surface area (Å²) in [6.07, 6.45) is 5.39. The average Bonchev–Trinajstić information content (AvgIpc) is 2.77. The Bertz CT molecular complexity index is 622. The predicted octanol–water partition coefficient (Wildman–Crippen LogP) is 3.35. The van der Waals surface area contributed by atoms with Crippen LogP contribution in [0.4, 0.5) is 0 Å². The summed E-state index contributed by atoms with van der Waals surface area (Å²) >= 11 is 0. The highest BCUT2D eigenvalue weighted by Crippen LogP contribution is 2.27. The first-order chi connectivity index (χ1) is 14.2. The Hall–Kier alpha value is -1.26. The molecule has 172 valence electrons. The Balaban J connectivity index is 0.00000450. The molecule has 0 saturated carbocycles. The number of aryl methyl sites for hydroxylation is 1. The zero-order valence-electron chi connectivity index (χ0n) is 18.8. The fourth-order valence-electron chi connectivity index (χ4n) is 3.55. The van der Waals surface area contributed by atoms with E-state index in [1.165, 1.54) is 5.56 Å². The summed E-state index contributed by atoms with van der Waals surface area (Å²) in [5.74, 6) is 2.53. The number of benzene rings is 1. The topological polar surface area (TPSA) is 64.6 Å². The van der Waals surface area contributed by atoms with Gasteiger partial charge >= 0.3 is 0 Å². The molecule has 0 atom stereocenters. The minimum absolute atomic E-state index is 0. The van der Waals surface area contributed by atoms with Crippen LogP contribution in [0.15, 0.2) is 23.2 Å². The maximum absolute atomic E-state index is 5.94. The van der Waals surface area contributed by atoms with Crippen LogP contribution in [0.1, 0.15) is 31.2 Å². The molecule has 8 heteroatoms. The van der Waals surface area contributed by atoms with Gasteiger partial charge in [0.1, 0.15) is 0 Å². The van der Waals surface area contributed by atoms with Gasteiger partial charge in [-0.2, -0.15) is 0 Å². The number of methoxy groups -OCH3 is 3. The Morgan fingerprint density at radius 2 is 1.80 bits per heavy atom. The third-order valence-corrected chi connectivity index (χ3v) is 5.17. The van der Waals surface area contributed by atoms with E-state index >= 15 is 0 Å². The lowest BCUT2D eigenvalue weighted by Gasteiger charge is -2.34. The number of halogens is 1. The number of nitrogens with zero attached hydrogens (tertiary/aromatic N) is 2. The van der Waals surface area contributed by atoms with Gasteiger partial charge in [-0.3, -0.25) is 4.99 Å². The van der Waals surface area contributed by atoms with Crippen molar-refractivity contribution >= 4 is 29.9 Å². The normalized spacial score (nSPS) is 14.9. The fraction of sp³-hybridized carbons (Fsp3) is 0.682. The second kappa shape index (κ2) is 15.5. The minimum Gasteiger partial charge on any atom is -0.493 e. The Morgan fingerprint density at radius 3 is 2.43 bits per heavy atom. The number of aliphatic imine (C=N–C) groups is 1. The largest absolute Gasteiger partial charge is 0.493 e. The van der Waals surface area contributed by atoms with Gasteiger partial charge in [-0.25, -0.2) is 0 Å². The number of rotatable bonds is 11. The van der Waals surface area contributed by atoms with Gasteiger partial charge in [0.2, 0.25) is 0 Å². The number of piperidine rings is 1. The van der Waals surface area contributed by atoms with Gasteiger partial charge < -0.3 is 29.2 Å². The van der Waals surface area contributed by atoms with Crippen molar-refractivity contribution in [3.63, 3.8) is 0 Å². The second-order valence-electron chi connectivity index (χ2n) is 7.17. The van der Waals surface area contributed by atoms with Crippen LogP contribution >= 0.6 is 24.0 Å². The Morgan fingerprint density at radius 1 is 1.07 bits per heavy atom. The molecule has 1 aromatic carbocycles. The summed E-state index contributed by atoms with van der Waals surface area (Å²) < 4.78 is 21.7. The Labute approximate surface area is 198 Å². The van der Waals surface area contributed by atoms with Gasteiger partial charge in [-0.15, -0.1) is 24.0 Å². The average molecular weight is 535 g/mol. The molecule has 1 fully saturated rings. The van der Waals surface area contributed by atoms with Crippen LogP contribution in [0, 0.1) is 0 Å². The maximum Gasteiger partial charge on any atom is 0.193 e. The van der Waals surface area contributed by atoms with Gasteiger partial charge in [-0.1, -0.05) is 6.07 Å². The number of guanidine groups is 1. The summed E-state index contributed by atoms with van der Waals surface area (Å²) in [7, 11) is 6.90. The van der Waals surface area contributed by atoms with Crippen molar-refractivity contribution in [1.82, 2.24) is 10.2 Å². The van der Waals surface area contributed by atoms with Crippen LogP contribution in [-0.4, -0.2) is 78.2 Å². The third-order valence-electron chi connectivity index (χ3n) is 5.17. The number of nitrogens with one attached hydrogen (secondary N) is 1. The van der Waals surface area contributed by atoms with E-state index in [-0.39, 0.29) is 24.0 Å². The lowest BCUT2D eigenvalue weighted by molar-refractivity contribution is 0.00991. The molecular weight excluding hydrogens is 497 g/mol. The fourth-order valence-corrected chi connectivity index (χ4v) is 3.55. The Kier molecular flexibility index (Phi) is 13.9. The van der Waals surface area contributed by atoms with Gasteiger partial charge in [0, 0.05) is 47.0 Å². The van der Waals surface area contributed by atoms with Crippen LogP contribution in [0.3, 0.4) is 0 Å². The molecule has 0 spiro atoms. The third kappa shape index (κ3) is 8.85. The van der Waals surface area contributed by atoms with E-state index in [9.17, 15) is 0 Å². The predicted molar refractivity (Wildman–Crippen MR) is 132 cm³/mol. The van der Waals surface area contributed by atoms with Crippen LogP contribution in [0.25, 0.3) is 0 Å². The van der Waals surface area contributed by atoms with Crippen LogP contribution in [-0.2, 0) is 15.9 Å². The van der Waals surface area contributed by atoms with Crippen molar-refractivity contribution in [2.75, 3.05) is 61.2 Å². The SMILES string of the molecule is CN=C(NCCCc1ccc(OC)c(OC)c1)N1CCC(OCCCOC)CC1.I. The van der Waals surface area contributed by atoms with Crippen molar-refractivity contribution in [3.05, 3.63) is 23.8 Å². The highest BCUT2D eigenvalue weighted by molar-refractivity contribution is 14.0. The van der Waals surface area contributed by atoms with E-state index in [1.807, 2.05) is 19.2 Å². The molecule has 1 heterocycles. The van der Waals surface area contributed by atoms with E-state index in [1.54, 1.807) is 21.3 Å². The van der Waals surface area contributed by atoms with Crippen molar-refractivity contribution in [2.45, 2.75) is 38.2 Å². The number of ether oxygens (including phenoxy) is 4. The van der Waals surface area contributed by atoms with E-state index in [0.29, 0.717) is 6.10 Å². The molecule has 1 aliphatic rings. The molecule has 1 aromatic rings. The summed E-state index contributed by atoms with van der Waals surface area (Å²) in [5, 5.41) is 3.50. The number of likely N-dealkylation sites (tertiary alicyclic amines) is 1. The monoisotopic (exact) mass is 535 g/mol. The quantitative estimate of drug-likeness (QED) is 0.203. The van der Waals surface area contributed by atoms with Gasteiger partial charge in [0.15, 0.2) is 17.5 Å². The number of hydrogen-bond acceptors (Lipinski definition) is 5. The summed E-state index contributed by atoms with van der Waals surface area (Å²) in [6.45, 7) is 4.38. The van der Waals surface area contributed by atoms with Crippen LogP contribution < -0.4 is 14.8 Å². The van der Waals surface area contributed by atoms with Gasteiger partial charge in [-0.05, 0) is 49.8 Å². The minimum atomic E-state index is 0. The molecule has 30 heavy (non-hydrogen) atoms. The molecule has 0 aliphatic carbocycles. The van der Waals surface area contributed by atoms with Gasteiger partial charge in [0.05, 0.1) is 20.3 Å². The smallest absolute Gasteiger partial charge is 0.193 e. The van der Waals surface area contributed by atoms with Crippen LogP contribution in [0.2, 0.25) is 0 Å². The molecule has 0 aromatic heterocycles. The maximum atomic E-state index is 5.94.